The summed E-state index contributed by atoms with van der Waals surface area (Å²) < 4.78 is 5.19. The number of nitrogens with two attached hydrogens (primary N) is 1. The third-order valence-electron chi connectivity index (χ3n) is 3.88. The average molecular weight is 290 g/mol. The van der Waals surface area contributed by atoms with E-state index in [4.69, 9.17) is 20.9 Å². The van der Waals surface area contributed by atoms with Gasteiger partial charge in [-0.15, -0.1) is 0 Å². The van der Waals surface area contributed by atoms with Gasteiger partial charge in [0.2, 0.25) is 0 Å². The Bertz CT molecular complexity index is 280. The number of hydrogen-bond acceptors (Lipinski definition) is 7. The zero-order valence-electron chi connectivity index (χ0n) is 11.9. The first kappa shape index (κ1) is 17.3. The van der Waals surface area contributed by atoms with E-state index in [1.165, 1.54) is 6.42 Å². The van der Waals surface area contributed by atoms with E-state index in [2.05, 4.69) is 4.84 Å². The van der Waals surface area contributed by atoms with Crippen LogP contribution < -0.4 is 5.73 Å². The second kappa shape index (κ2) is 9.25. The fraction of sp³-hybridized carbons (Fsp3) is 0.923. The molecule has 0 radical (unpaired) electrons. The quantitative estimate of drug-likeness (QED) is 0.336. The van der Waals surface area contributed by atoms with Crippen molar-refractivity contribution < 1.29 is 24.8 Å². The van der Waals surface area contributed by atoms with Gasteiger partial charge in [-0.1, -0.05) is 19.3 Å². The molecule has 20 heavy (non-hydrogen) atoms. The molecule has 4 N–H and O–H groups in total. The molecule has 0 aromatic carbocycles. The molecule has 7 nitrogen and oxygen atoms in total. The summed E-state index contributed by atoms with van der Waals surface area (Å²) in [6, 6.07) is 0. The van der Waals surface area contributed by atoms with Crippen LogP contribution in [0.5, 0.6) is 0 Å². The van der Waals surface area contributed by atoms with Crippen molar-refractivity contribution in [2.24, 2.45) is 11.1 Å². The van der Waals surface area contributed by atoms with Crippen molar-refractivity contribution >= 4 is 5.97 Å². The van der Waals surface area contributed by atoms with Gasteiger partial charge in [-0.2, -0.15) is 0 Å². The normalized spacial score (nSPS) is 18.2. The highest BCUT2D eigenvalue weighted by Crippen LogP contribution is 2.38. The largest absolute Gasteiger partial charge is 0.466 e. The van der Waals surface area contributed by atoms with Crippen LogP contribution in [0.3, 0.4) is 0 Å². The highest BCUT2D eigenvalue weighted by Gasteiger charge is 2.33. The minimum absolute atomic E-state index is 0.0628. The summed E-state index contributed by atoms with van der Waals surface area (Å²) in [5.41, 5.74) is 5.77. The lowest BCUT2D eigenvalue weighted by atomic mass is 9.72. The molecule has 0 spiro atoms. The molecule has 0 aromatic rings. The highest BCUT2D eigenvalue weighted by atomic mass is 17.1. The van der Waals surface area contributed by atoms with E-state index in [1.54, 1.807) is 0 Å². The molecule has 0 aromatic heterocycles. The minimum Gasteiger partial charge on any atom is -0.466 e. The second-order valence-corrected chi connectivity index (χ2v) is 5.46. The molecule has 1 aliphatic carbocycles. The van der Waals surface area contributed by atoms with Gasteiger partial charge in [0.1, 0.15) is 0 Å². The number of unbranched alkanes of at least 4 members (excludes halogenated alkanes) is 1. The van der Waals surface area contributed by atoms with Crippen molar-refractivity contribution in [3.8, 4) is 0 Å². The van der Waals surface area contributed by atoms with Crippen molar-refractivity contribution in [3.05, 3.63) is 0 Å². The summed E-state index contributed by atoms with van der Waals surface area (Å²) in [5, 5.41) is 16.3. The molecule has 0 saturated heterocycles. The molecule has 7 heteroatoms. The highest BCUT2D eigenvalue weighted by molar-refractivity contribution is 5.70. The topological polar surface area (TPSA) is 105 Å². The molecule has 0 amide bonds. The van der Waals surface area contributed by atoms with E-state index in [9.17, 15) is 4.79 Å². The second-order valence-electron chi connectivity index (χ2n) is 5.46. The molecule has 0 atom stereocenters. The Morgan fingerprint density at radius 2 is 1.80 bits per heavy atom. The number of esters is 1. The molecule has 1 saturated carbocycles. The van der Waals surface area contributed by atoms with Crippen LogP contribution in [0.2, 0.25) is 0 Å². The van der Waals surface area contributed by atoms with Gasteiger partial charge in [0.25, 0.3) is 0 Å². The predicted molar refractivity (Wildman–Crippen MR) is 70.7 cm³/mol. The SMILES string of the molecule is NCC1(CC(=O)OCCCCON(O)O)CCCCC1. The summed E-state index contributed by atoms with van der Waals surface area (Å²) in [6.07, 6.45) is 7.12. The van der Waals surface area contributed by atoms with Crippen molar-refractivity contribution in [1.82, 2.24) is 5.39 Å². The van der Waals surface area contributed by atoms with Gasteiger partial charge in [0.05, 0.1) is 25.0 Å². The van der Waals surface area contributed by atoms with E-state index >= 15 is 0 Å². The van der Waals surface area contributed by atoms with Crippen LogP contribution in [0.15, 0.2) is 0 Å². The van der Waals surface area contributed by atoms with E-state index < -0.39 is 0 Å². The van der Waals surface area contributed by atoms with E-state index in [1.807, 2.05) is 0 Å². The third-order valence-corrected chi connectivity index (χ3v) is 3.88. The van der Waals surface area contributed by atoms with Gasteiger partial charge in [0.15, 0.2) is 0 Å². The summed E-state index contributed by atoms with van der Waals surface area (Å²) >= 11 is 0. The van der Waals surface area contributed by atoms with Crippen LogP contribution in [-0.4, -0.2) is 41.5 Å². The van der Waals surface area contributed by atoms with Gasteiger partial charge in [-0.3, -0.25) is 20.0 Å². The van der Waals surface area contributed by atoms with E-state index in [-0.39, 0.29) is 23.4 Å². The Balaban J connectivity index is 2.13. The first-order chi connectivity index (χ1) is 9.58. The maximum atomic E-state index is 11.8. The molecule has 0 unspecified atom stereocenters. The number of carbonyl (C=O) groups excluding carboxylic acids is 1. The maximum Gasteiger partial charge on any atom is 0.306 e. The zero-order valence-corrected chi connectivity index (χ0v) is 11.9. The standard InChI is InChI=1S/C13H26N2O5/c14-11-13(6-2-1-3-7-13)10-12(16)19-8-4-5-9-20-15(17)18/h17-18H,1-11,14H2. The average Bonchev–Trinajstić information content (AvgIpc) is 2.43. The molecule has 0 bridgehead atoms. The lowest BCUT2D eigenvalue weighted by Gasteiger charge is -2.35. The molecule has 1 aliphatic rings. The van der Waals surface area contributed by atoms with Crippen molar-refractivity contribution in [2.75, 3.05) is 19.8 Å². The number of carbonyl (C=O) groups is 1. The predicted octanol–water partition coefficient (Wildman–Crippen LogP) is 1.62. The van der Waals surface area contributed by atoms with Crippen LogP contribution in [0.1, 0.15) is 51.4 Å². The fourth-order valence-corrected chi connectivity index (χ4v) is 2.65. The lowest BCUT2D eigenvalue weighted by Crippen LogP contribution is -2.35. The summed E-state index contributed by atoms with van der Waals surface area (Å²) in [4.78, 5) is 16.2. The summed E-state index contributed by atoms with van der Waals surface area (Å²) in [5.74, 6) is -0.191. The van der Waals surface area contributed by atoms with Gasteiger partial charge in [0, 0.05) is 0 Å². The lowest BCUT2D eigenvalue weighted by molar-refractivity contribution is -0.492. The third kappa shape index (κ3) is 6.62. The Morgan fingerprint density at radius 1 is 1.15 bits per heavy atom. The van der Waals surface area contributed by atoms with Crippen LogP contribution in [0, 0.1) is 5.41 Å². The number of nitrogens with zero attached hydrogens (tertiary/aromatic N) is 1. The summed E-state index contributed by atoms with van der Waals surface area (Å²) in [7, 11) is 0. The van der Waals surface area contributed by atoms with E-state index in [0.29, 0.717) is 32.4 Å². The Kier molecular flexibility index (Phi) is 8.01. The minimum atomic E-state index is -0.319. The van der Waals surface area contributed by atoms with Gasteiger partial charge < -0.3 is 10.5 Å². The Hall–Kier alpha value is -0.730. The molecular weight excluding hydrogens is 264 g/mol. The van der Waals surface area contributed by atoms with Crippen molar-refractivity contribution in [3.63, 3.8) is 0 Å². The number of rotatable bonds is 9. The first-order valence-electron chi connectivity index (χ1n) is 7.24. The van der Waals surface area contributed by atoms with Gasteiger partial charge in [-0.25, -0.2) is 0 Å². The molecule has 0 heterocycles. The van der Waals surface area contributed by atoms with Crippen molar-refractivity contribution in [1.29, 1.82) is 0 Å². The van der Waals surface area contributed by atoms with Crippen LogP contribution >= 0.6 is 0 Å². The van der Waals surface area contributed by atoms with Gasteiger partial charge >= 0.3 is 5.97 Å². The number of hydrogen-bond donors (Lipinski definition) is 3. The Morgan fingerprint density at radius 3 is 2.40 bits per heavy atom. The molecule has 1 rings (SSSR count). The monoisotopic (exact) mass is 290 g/mol. The van der Waals surface area contributed by atoms with E-state index in [0.717, 1.165) is 25.7 Å². The number of ether oxygens (including phenoxy) is 1. The van der Waals surface area contributed by atoms with Crippen LogP contribution in [0.4, 0.5) is 0 Å². The maximum absolute atomic E-state index is 11.8. The molecule has 1 fully saturated rings. The van der Waals surface area contributed by atoms with Crippen molar-refractivity contribution in [2.45, 2.75) is 51.4 Å². The smallest absolute Gasteiger partial charge is 0.306 e. The van der Waals surface area contributed by atoms with Crippen LogP contribution in [-0.2, 0) is 14.4 Å². The first-order valence-corrected chi connectivity index (χ1v) is 7.24. The Labute approximate surface area is 119 Å². The summed E-state index contributed by atoms with van der Waals surface area (Å²) in [6.45, 7) is 1.02. The zero-order chi connectivity index (χ0) is 14.8. The molecule has 0 aliphatic heterocycles. The van der Waals surface area contributed by atoms with Crippen LogP contribution in [0.25, 0.3) is 0 Å². The fourth-order valence-electron chi connectivity index (χ4n) is 2.65. The van der Waals surface area contributed by atoms with Gasteiger partial charge in [-0.05, 0) is 37.6 Å². The molecule has 118 valence electrons. The molecular formula is C13H26N2O5.